The van der Waals surface area contributed by atoms with Gasteiger partial charge in [0.1, 0.15) is 0 Å². The van der Waals surface area contributed by atoms with Crippen LogP contribution in [0, 0.1) is 0 Å². The van der Waals surface area contributed by atoms with Gasteiger partial charge in [0, 0.05) is 31.3 Å². The average Bonchev–Trinajstić information content (AvgIpc) is 3.17. The van der Waals surface area contributed by atoms with Crippen molar-refractivity contribution in [3.63, 3.8) is 0 Å². The molecule has 5 heteroatoms. The van der Waals surface area contributed by atoms with E-state index in [4.69, 9.17) is 0 Å². The zero-order valence-corrected chi connectivity index (χ0v) is 14.0. The fraction of sp³-hybridized carbons (Fsp3) is 0.222. The highest BCUT2D eigenvalue weighted by Crippen LogP contribution is 2.37. The van der Waals surface area contributed by atoms with E-state index in [1.807, 2.05) is 19.0 Å². The van der Waals surface area contributed by atoms with Crippen molar-refractivity contribution in [3.05, 3.63) is 59.4 Å². The lowest BCUT2D eigenvalue weighted by molar-refractivity contribution is 0.988. The molecule has 0 radical (unpaired) electrons. The molecule has 1 N–H and O–H groups in total. The van der Waals surface area contributed by atoms with E-state index in [0.29, 0.717) is 6.54 Å². The molecule has 0 saturated carbocycles. The number of rotatable bonds is 4. The van der Waals surface area contributed by atoms with Crippen molar-refractivity contribution >= 4 is 22.4 Å². The molecule has 1 aromatic heterocycles. The predicted molar refractivity (Wildman–Crippen MR) is 96.2 cm³/mol. The fourth-order valence-corrected chi connectivity index (χ4v) is 3.54. The number of hydrogen-bond acceptors (Lipinski definition) is 5. The third kappa shape index (κ3) is 2.68. The second-order valence-corrected chi connectivity index (χ2v) is 6.68. The lowest BCUT2D eigenvalue weighted by Crippen LogP contribution is -2.08. The van der Waals surface area contributed by atoms with Crippen LogP contribution in [0.4, 0.5) is 10.8 Å². The largest absolute Gasteiger partial charge is 0.378 e. The van der Waals surface area contributed by atoms with Crippen LogP contribution < -0.4 is 10.2 Å². The van der Waals surface area contributed by atoms with E-state index in [9.17, 15) is 0 Å². The van der Waals surface area contributed by atoms with Crippen molar-refractivity contribution < 1.29 is 0 Å². The van der Waals surface area contributed by atoms with Crippen LogP contribution in [0.3, 0.4) is 0 Å². The lowest BCUT2D eigenvalue weighted by Gasteiger charge is -2.07. The van der Waals surface area contributed by atoms with E-state index in [0.717, 1.165) is 23.1 Å². The second-order valence-electron chi connectivity index (χ2n) is 5.95. The first-order valence-electron chi connectivity index (χ1n) is 7.66. The van der Waals surface area contributed by atoms with Gasteiger partial charge in [-0.15, -0.1) is 0 Å². The van der Waals surface area contributed by atoms with Crippen molar-refractivity contribution in [3.8, 4) is 11.1 Å². The van der Waals surface area contributed by atoms with Crippen LogP contribution in [0.1, 0.15) is 17.0 Å². The van der Waals surface area contributed by atoms with E-state index >= 15 is 0 Å². The number of fused-ring (bicyclic) bond motifs is 3. The van der Waals surface area contributed by atoms with Gasteiger partial charge < -0.3 is 10.2 Å². The van der Waals surface area contributed by atoms with Crippen molar-refractivity contribution in [1.29, 1.82) is 0 Å². The van der Waals surface area contributed by atoms with Crippen molar-refractivity contribution in [2.45, 2.75) is 13.0 Å². The van der Waals surface area contributed by atoms with Gasteiger partial charge in [0.05, 0.1) is 6.54 Å². The maximum absolute atomic E-state index is 4.50. The van der Waals surface area contributed by atoms with Crippen LogP contribution in [-0.4, -0.2) is 23.5 Å². The Morgan fingerprint density at radius 1 is 1.09 bits per heavy atom. The summed E-state index contributed by atoms with van der Waals surface area (Å²) in [7, 11) is 3.96. The molecular formula is C18H18N4S. The van der Waals surface area contributed by atoms with Gasteiger partial charge in [-0.1, -0.05) is 30.3 Å². The van der Waals surface area contributed by atoms with Crippen LogP contribution in [0.5, 0.6) is 0 Å². The van der Waals surface area contributed by atoms with Gasteiger partial charge in [-0.2, -0.15) is 4.37 Å². The Labute approximate surface area is 140 Å². The second kappa shape index (κ2) is 5.66. The zero-order chi connectivity index (χ0) is 15.8. The van der Waals surface area contributed by atoms with Gasteiger partial charge in [0.2, 0.25) is 5.13 Å². The Kier molecular flexibility index (Phi) is 3.50. The van der Waals surface area contributed by atoms with Crippen LogP contribution in [-0.2, 0) is 13.0 Å². The maximum atomic E-state index is 4.50. The minimum absolute atomic E-state index is 0.649. The molecule has 0 unspecified atom stereocenters. The third-order valence-electron chi connectivity index (χ3n) is 4.08. The predicted octanol–water partition coefficient (Wildman–Crippen LogP) is 3.79. The topological polar surface area (TPSA) is 41.1 Å². The fourth-order valence-electron chi connectivity index (χ4n) is 2.93. The van der Waals surface area contributed by atoms with Crippen LogP contribution in [0.2, 0.25) is 0 Å². The monoisotopic (exact) mass is 322 g/mol. The Hall–Kier alpha value is -2.40. The summed E-state index contributed by atoms with van der Waals surface area (Å²) in [6, 6.07) is 15.2. The van der Waals surface area contributed by atoms with E-state index in [1.54, 1.807) is 0 Å². The molecule has 0 amide bonds. The Balaban J connectivity index is 1.50. The van der Waals surface area contributed by atoms with E-state index in [1.165, 1.54) is 33.8 Å². The summed E-state index contributed by atoms with van der Waals surface area (Å²) in [5.41, 5.74) is 6.64. The maximum Gasteiger partial charge on any atom is 0.204 e. The quantitative estimate of drug-likeness (QED) is 0.621. The van der Waals surface area contributed by atoms with E-state index in [2.05, 4.69) is 57.1 Å². The van der Waals surface area contributed by atoms with Crippen molar-refractivity contribution in [1.82, 2.24) is 9.36 Å². The Morgan fingerprint density at radius 2 is 1.91 bits per heavy atom. The summed E-state index contributed by atoms with van der Waals surface area (Å²) in [4.78, 5) is 6.48. The highest BCUT2D eigenvalue weighted by molar-refractivity contribution is 7.09. The molecule has 3 aromatic rings. The van der Waals surface area contributed by atoms with Crippen LogP contribution in [0.25, 0.3) is 11.1 Å². The minimum atomic E-state index is 0.649. The van der Waals surface area contributed by atoms with Crippen LogP contribution in [0.15, 0.2) is 42.5 Å². The molecule has 2 aromatic carbocycles. The van der Waals surface area contributed by atoms with Gasteiger partial charge in [0.15, 0.2) is 5.82 Å². The standard InChI is InChI=1S/C18H18N4S/c1-22(2)18-20-17(21-23-18)11-19-14-7-8-16-13(10-14)9-12-5-3-4-6-15(12)16/h3-8,10,19H,9,11H2,1-2H3. The molecule has 0 atom stereocenters. The molecule has 1 heterocycles. The number of aromatic nitrogens is 2. The minimum Gasteiger partial charge on any atom is -0.378 e. The van der Waals surface area contributed by atoms with Gasteiger partial charge in [0.25, 0.3) is 0 Å². The molecule has 23 heavy (non-hydrogen) atoms. The molecule has 0 aliphatic heterocycles. The van der Waals surface area contributed by atoms with Gasteiger partial charge >= 0.3 is 0 Å². The number of hydrogen-bond donors (Lipinski definition) is 1. The first kappa shape index (κ1) is 14.2. The molecule has 4 rings (SSSR count). The lowest BCUT2D eigenvalue weighted by atomic mass is 10.1. The number of nitrogens with zero attached hydrogens (tertiary/aromatic N) is 3. The summed E-state index contributed by atoms with van der Waals surface area (Å²) in [5.74, 6) is 0.836. The number of anilines is 2. The van der Waals surface area contributed by atoms with Crippen molar-refractivity contribution in [2.75, 3.05) is 24.3 Å². The molecule has 0 fully saturated rings. The van der Waals surface area contributed by atoms with Gasteiger partial charge in [-0.25, -0.2) is 4.98 Å². The molecule has 116 valence electrons. The summed E-state index contributed by atoms with van der Waals surface area (Å²) in [5, 5.41) is 4.37. The number of nitrogens with one attached hydrogen (secondary N) is 1. The Morgan fingerprint density at radius 3 is 2.74 bits per heavy atom. The smallest absolute Gasteiger partial charge is 0.204 e. The van der Waals surface area contributed by atoms with Gasteiger partial charge in [-0.3, -0.25) is 0 Å². The normalized spacial score (nSPS) is 11.9. The summed E-state index contributed by atoms with van der Waals surface area (Å²) in [6.07, 6.45) is 1.01. The number of benzene rings is 2. The highest BCUT2D eigenvalue weighted by atomic mass is 32.1. The average molecular weight is 322 g/mol. The molecule has 0 saturated heterocycles. The first-order chi connectivity index (χ1) is 11.2. The molecule has 0 bridgehead atoms. The molecule has 0 spiro atoms. The highest BCUT2D eigenvalue weighted by Gasteiger charge is 2.17. The van der Waals surface area contributed by atoms with Crippen LogP contribution >= 0.6 is 11.5 Å². The molecular weight excluding hydrogens is 304 g/mol. The first-order valence-corrected chi connectivity index (χ1v) is 8.43. The molecule has 1 aliphatic rings. The Bertz CT molecular complexity index is 854. The summed E-state index contributed by atoms with van der Waals surface area (Å²) >= 11 is 1.43. The van der Waals surface area contributed by atoms with Gasteiger partial charge in [-0.05, 0) is 40.8 Å². The SMILES string of the molecule is CN(C)c1nc(CNc2ccc3c(c2)Cc2ccccc2-3)ns1. The molecule has 1 aliphatic carbocycles. The van der Waals surface area contributed by atoms with Crippen molar-refractivity contribution in [2.24, 2.45) is 0 Å². The van der Waals surface area contributed by atoms with E-state index < -0.39 is 0 Å². The molecule has 4 nitrogen and oxygen atoms in total. The summed E-state index contributed by atoms with van der Waals surface area (Å²) < 4.78 is 4.38. The summed E-state index contributed by atoms with van der Waals surface area (Å²) in [6.45, 7) is 0.649. The van der Waals surface area contributed by atoms with E-state index in [-0.39, 0.29) is 0 Å². The third-order valence-corrected chi connectivity index (χ3v) is 5.01. The zero-order valence-electron chi connectivity index (χ0n) is 13.2.